The van der Waals surface area contributed by atoms with Crippen LogP contribution >= 0.6 is 11.6 Å². The standard InChI is InChI=1S/C13H4ClF7O/c14-8-11(17)9(15)7(10(16)12(8)18)5-1-3-6(4-2-5)22-13(19,20)21/h1-4H. The minimum Gasteiger partial charge on any atom is -0.406 e. The fourth-order valence-corrected chi connectivity index (χ4v) is 1.85. The van der Waals surface area contributed by atoms with Gasteiger partial charge in [0.25, 0.3) is 0 Å². The van der Waals surface area contributed by atoms with Crippen molar-refractivity contribution >= 4 is 11.6 Å². The van der Waals surface area contributed by atoms with Crippen molar-refractivity contribution in [2.45, 2.75) is 6.36 Å². The number of benzene rings is 2. The molecule has 0 aromatic heterocycles. The molecule has 0 spiro atoms. The Kier molecular flexibility index (Phi) is 4.23. The summed E-state index contributed by atoms with van der Waals surface area (Å²) in [5, 5.41) is -1.35. The van der Waals surface area contributed by atoms with Gasteiger partial charge in [0, 0.05) is 0 Å². The van der Waals surface area contributed by atoms with E-state index in [-0.39, 0.29) is 5.56 Å². The van der Waals surface area contributed by atoms with Crippen LogP contribution in [0, 0.1) is 23.3 Å². The molecule has 0 fully saturated rings. The molecule has 0 atom stereocenters. The first-order valence-electron chi connectivity index (χ1n) is 5.49. The Balaban J connectivity index is 2.50. The fourth-order valence-electron chi connectivity index (χ4n) is 1.68. The van der Waals surface area contributed by atoms with Gasteiger partial charge in [0.05, 0.1) is 5.56 Å². The summed E-state index contributed by atoms with van der Waals surface area (Å²) >= 11 is 5.07. The molecule has 0 N–H and O–H groups in total. The third kappa shape index (κ3) is 3.11. The maximum Gasteiger partial charge on any atom is 0.573 e. The van der Waals surface area contributed by atoms with Crippen LogP contribution in [0.1, 0.15) is 0 Å². The van der Waals surface area contributed by atoms with Crippen LogP contribution in [0.25, 0.3) is 11.1 Å². The van der Waals surface area contributed by atoms with E-state index in [1.54, 1.807) is 0 Å². The van der Waals surface area contributed by atoms with Gasteiger partial charge in [0.2, 0.25) is 0 Å². The lowest BCUT2D eigenvalue weighted by molar-refractivity contribution is -0.274. The van der Waals surface area contributed by atoms with Crippen molar-refractivity contribution in [3.05, 3.63) is 52.6 Å². The highest BCUT2D eigenvalue weighted by atomic mass is 35.5. The molecular formula is C13H4ClF7O. The van der Waals surface area contributed by atoms with E-state index in [1.807, 2.05) is 0 Å². The van der Waals surface area contributed by atoms with Crippen LogP contribution in [0.3, 0.4) is 0 Å². The number of hydrogen-bond donors (Lipinski definition) is 0. The molecule has 0 aliphatic heterocycles. The second-order valence-corrected chi connectivity index (χ2v) is 4.40. The van der Waals surface area contributed by atoms with Gasteiger partial charge in [-0.05, 0) is 17.7 Å². The minimum absolute atomic E-state index is 0.390. The Bertz CT molecular complexity index is 681. The zero-order chi connectivity index (χ0) is 16.7. The molecule has 22 heavy (non-hydrogen) atoms. The molecule has 0 aliphatic carbocycles. The van der Waals surface area contributed by atoms with Gasteiger partial charge in [-0.25, -0.2) is 17.6 Å². The molecule has 0 aliphatic rings. The molecule has 0 saturated carbocycles. The molecule has 0 heterocycles. The highest BCUT2D eigenvalue weighted by Crippen LogP contribution is 2.35. The number of alkyl halides is 3. The quantitative estimate of drug-likeness (QED) is 0.399. The Labute approximate surface area is 123 Å². The van der Waals surface area contributed by atoms with Crippen LogP contribution in [-0.4, -0.2) is 6.36 Å². The summed E-state index contributed by atoms with van der Waals surface area (Å²) in [5.74, 6) is -7.77. The minimum atomic E-state index is -4.95. The third-order valence-electron chi connectivity index (χ3n) is 2.59. The summed E-state index contributed by atoms with van der Waals surface area (Å²) in [6, 6.07) is 3.11. The monoisotopic (exact) mass is 344 g/mol. The van der Waals surface area contributed by atoms with E-state index >= 15 is 0 Å². The van der Waals surface area contributed by atoms with Crippen molar-refractivity contribution in [2.75, 3.05) is 0 Å². The van der Waals surface area contributed by atoms with E-state index in [4.69, 9.17) is 11.6 Å². The maximum absolute atomic E-state index is 13.7. The second-order valence-electron chi connectivity index (χ2n) is 4.02. The molecule has 1 nitrogen and oxygen atoms in total. The topological polar surface area (TPSA) is 9.23 Å². The van der Waals surface area contributed by atoms with E-state index in [0.29, 0.717) is 0 Å². The predicted molar refractivity (Wildman–Crippen MR) is 63.4 cm³/mol. The van der Waals surface area contributed by atoms with Crippen molar-refractivity contribution in [1.82, 2.24) is 0 Å². The summed E-state index contributed by atoms with van der Waals surface area (Å²) in [7, 11) is 0. The molecule has 118 valence electrons. The second kappa shape index (κ2) is 5.68. The van der Waals surface area contributed by atoms with Gasteiger partial charge in [-0.15, -0.1) is 13.2 Å². The Morgan fingerprint density at radius 3 is 1.64 bits per heavy atom. The van der Waals surface area contributed by atoms with Crippen molar-refractivity contribution in [2.24, 2.45) is 0 Å². The number of halogens is 8. The first kappa shape index (κ1) is 16.4. The summed E-state index contributed by atoms with van der Waals surface area (Å²) < 4.78 is 93.6. The van der Waals surface area contributed by atoms with Crippen LogP contribution in [0.4, 0.5) is 30.7 Å². The Morgan fingerprint density at radius 1 is 0.773 bits per heavy atom. The lowest BCUT2D eigenvalue weighted by Gasteiger charge is -2.11. The van der Waals surface area contributed by atoms with E-state index in [9.17, 15) is 30.7 Å². The van der Waals surface area contributed by atoms with E-state index in [2.05, 4.69) is 4.74 Å². The molecule has 9 heteroatoms. The first-order valence-corrected chi connectivity index (χ1v) is 5.87. The zero-order valence-electron chi connectivity index (χ0n) is 10.2. The van der Waals surface area contributed by atoms with Crippen molar-refractivity contribution < 1.29 is 35.5 Å². The SMILES string of the molecule is Fc1c(F)c(-c2ccc(OC(F)(F)F)cc2)c(F)c(F)c1Cl. The lowest BCUT2D eigenvalue weighted by atomic mass is 10.0. The molecule has 0 bridgehead atoms. The molecule has 2 rings (SSSR count). The van der Waals surface area contributed by atoms with Crippen LogP contribution in [0.2, 0.25) is 5.02 Å². The highest BCUT2D eigenvalue weighted by molar-refractivity contribution is 6.31. The normalized spacial score (nSPS) is 11.6. The van der Waals surface area contributed by atoms with E-state index < -0.39 is 46.0 Å². The van der Waals surface area contributed by atoms with Gasteiger partial charge in [0.15, 0.2) is 23.3 Å². The Hall–Kier alpha value is -1.96. The summed E-state index contributed by atoms with van der Waals surface area (Å²) in [5.41, 5.74) is -1.48. The predicted octanol–water partition coefficient (Wildman–Crippen LogP) is 5.46. The fraction of sp³-hybridized carbons (Fsp3) is 0.0769. The zero-order valence-corrected chi connectivity index (χ0v) is 11.0. The van der Waals surface area contributed by atoms with E-state index in [1.165, 1.54) is 0 Å². The van der Waals surface area contributed by atoms with E-state index in [0.717, 1.165) is 24.3 Å². The van der Waals surface area contributed by atoms with Crippen LogP contribution in [-0.2, 0) is 0 Å². The molecule has 0 saturated heterocycles. The van der Waals surface area contributed by atoms with Crippen LogP contribution in [0.15, 0.2) is 24.3 Å². The van der Waals surface area contributed by atoms with Crippen molar-refractivity contribution in [3.8, 4) is 16.9 Å². The molecule has 2 aromatic rings. The molecular weight excluding hydrogens is 341 g/mol. The lowest BCUT2D eigenvalue weighted by Crippen LogP contribution is -2.16. The first-order chi connectivity index (χ1) is 10.1. The molecule has 0 amide bonds. The summed E-state index contributed by atoms with van der Waals surface area (Å²) in [4.78, 5) is 0. The van der Waals surface area contributed by atoms with Gasteiger partial charge < -0.3 is 4.74 Å². The molecule has 0 radical (unpaired) electrons. The number of hydrogen-bond acceptors (Lipinski definition) is 1. The van der Waals surface area contributed by atoms with Crippen molar-refractivity contribution in [1.29, 1.82) is 0 Å². The van der Waals surface area contributed by atoms with Gasteiger partial charge in [0.1, 0.15) is 10.8 Å². The highest BCUT2D eigenvalue weighted by Gasteiger charge is 2.31. The van der Waals surface area contributed by atoms with Crippen LogP contribution < -0.4 is 4.74 Å². The number of ether oxygens (including phenoxy) is 1. The Morgan fingerprint density at radius 2 is 1.23 bits per heavy atom. The average Bonchev–Trinajstić information content (AvgIpc) is 2.43. The number of rotatable bonds is 2. The van der Waals surface area contributed by atoms with Gasteiger partial charge in [-0.1, -0.05) is 23.7 Å². The molecule has 0 unspecified atom stereocenters. The van der Waals surface area contributed by atoms with Crippen molar-refractivity contribution in [3.63, 3.8) is 0 Å². The summed E-state index contributed by atoms with van der Waals surface area (Å²) in [6.45, 7) is 0. The average molecular weight is 345 g/mol. The summed E-state index contributed by atoms with van der Waals surface area (Å²) in [6.07, 6.45) is -4.95. The molecule has 2 aromatic carbocycles. The smallest absolute Gasteiger partial charge is 0.406 e. The van der Waals surface area contributed by atoms with Crippen LogP contribution in [0.5, 0.6) is 5.75 Å². The maximum atomic E-state index is 13.7. The largest absolute Gasteiger partial charge is 0.573 e. The van der Waals surface area contributed by atoms with Gasteiger partial charge >= 0.3 is 6.36 Å². The van der Waals surface area contributed by atoms with Gasteiger partial charge in [-0.3, -0.25) is 0 Å². The van der Waals surface area contributed by atoms with Gasteiger partial charge in [-0.2, -0.15) is 0 Å². The third-order valence-corrected chi connectivity index (χ3v) is 2.92.